The van der Waals surface area contributed by atoms with Gasteiger partial charge in [-0.1, -0.05) is 24.2 Å². The molecule has 1 atom stereocenters. The number of benzene rings is 1. The molecule has 0 aliphatic rings. The van der Waals surface area contributed by atoms with Crippen molar-refractivity contribution >= 4 is 5.91 Å². The van der Waals surface area contributed by atoms with Gasteiger partial charge in [-0.15, -0.1) is 0 Å². The van der Waals surface area contributed by atoms with E-state index in [2.05, 4.69) is 25.4 Å². The Morgan fingerprint density at radius 2 is 2.03 bits per heavy atom. The molecule has 158 valence electrons. The van der Waals surface area contributed by atoms with Crippen LogP contribution in [0.15, 0.2) is 59.6 Å². The van der Waals surface area contributed by atoms with Crippen LogP contribution in [-0.4, -0.2) is 37.7 Å². The number of imidazole rings is 1. The van der Waals surface area contributed by atoms with Crippen molar-refractivity contribution in [2.45, 2.75) is 26.3 Å². The van der Waals surface area contributed by atoms with Crippen LogP contribution in [0.5, 0.6) is 5.75 Å². The number of carbonyl (C=O) groups is 1. The number of methoxy groups -OCH3 is 1. The quantitative estimate of drug-likeness (QED) is 0.490. The van der Waals surface area contributed by atoms with Crippen LogP contribution in [0.3, 0.4) is 0 Å². The summed E-state index contributed by atoms with van der Waals surface area (Å²) in [7, 11) is 1.62. The molecule has 0 saturated carbocycles. The Bertz CT molecular complexity index is 1180. The molecule has 4 rings (SSSR count). The largest absolute Gasteiger partial charge is 0.497 e. The van der Waals surface area contributed by atoms with Crippen LogP contribution in [0.25, 0.3) is 17.3 Å². The number of amides is 1. The van der Waals surface area contributed by atoms with Crippen LogP contribution in [0, 0.1) is 0 Å². The fourth-order valence-corrected chi connectivity index (χ4v) is 3.02. The highest BCUT2D eigenvalue weighted by Crippen LogP contribution is 2.20. The minimum Gasteiger partial charge on any atom is -0.497 e. The molecular weight excluding hydrogens is 396 g/mol. The Labute approximate surface area is 179 Å². The molecular formula is C22H22N6O3. The lowest BCUT2D eigenvalue weighted by atomic mass is 10.1. The van der Waals surface area contributed by atoms with Gasteiger partial charge in [-0.3, -0.25) is 9.36 Å². The Morgan fingerprint density at radius 1 is 1.23 bits per heavy atom. The summed E-state index contributed by atoms with van der Waals surface area (Å²) in [6.45, 7) is 3.87. The van der Waals surface area contributed by atoms with E-state index >= 15 is 0 Å². The summed E-state index contributed by atoms with van der Waals surface area (Å²) in [5.41, 5.74) is 2.00. The first-order valence-corrected chi connectivity index (χ1v) is 9.85. The highest BCUT2D eigenvalue weighted by molar-refractivity contribution is 5.92. The van der Waals surface area contributed by atoms with Gasteiger partial charge in [0.15, 0.2) is 5.82 Å². The molecule has 0 spiro atoms. The van der Waals surface area contributed by atoms with Gasteiger partial charge in [0.1, 0.15) is 23.6 Å². The SMILES string of the molecule is CCc1noc(-c2ccnc(-n3cnc(C(=O)N[C@@H](C)c4ccc(OC)cc4)c3)c2)n1. The average Bonchev–Trinajstić information content (AvgIpc) is 3.49. The van der Waals surface area contributed by atoms with Crippen LogP contribution in [-0.2, 0) is 6.42 Å². The van der Waals surface area contributed by atoms with Crippen LogP contribution in [0.2, 0.25) is 0 Å². The molecule has 0 saturated heterocycles. The average molecular weight is 418 g/mol. The van der Waals surface area contributed by atoms with E-state index in [-0.39, 0.29) is 11.9 Å². The third kappa shape index (κ3) is 4.45. The van der Waals surface area contributed by atoms with Gasteiger partial charge in [0.25, 0.3) is 11.8 Å². The van der Waals surface area contributed by atoms with Crippen LogP contribution < -0.4 is 10.1 Å². The number of aryl methyl sites for hydroxylation is 1. The number of rotatable bonds is 7. The number of carbonyl (C=O) groups excluding carboxylic acids is 1. The minimum absolute atomic E-state index is 0.185. The topological polar surface area (TPSA) is 108 Å². The molecule has 3 heterocycles. The monoisotopic (exact) mass is 418 g/mol. The van der Waals surface area contributed by atoms with Crippen molar-refractivity contribution in [2.75, 3.05) is 7.11 Å². The first kappa shape index (κ1) is 20.3. The summed E-state index contributed by atoms with van der Waals surface area (Å²) in [4.78, 5) is 25.6. The maximum Gasteiger partial charge on any atom is 0.271 e. The van der Waals surface area contributed by atoms with Gasteiger partial charge in [0, 0.05) is 24.4 Å². The summed E-state index contributed by atoms with van der Waals surface area (Å²) in [6.07, 6.45) is 5.51. The molecule has 1 N–H and O–H groups in total. The fraction of sp³-hybridized carbons (Fsp3) is 0.227. The van der Waals surface area contributed by atoms with Crippen LogP contribution >= 0.6 is 0 Å². The molecule has 0 radical (unpaired) electrons. The van der Waals surface area contributed by atoms with E-state index in [0.29, 0.717) is 29.6 Å². The van der Waals surface area contributed by atoms with Gasteiger partial charge >= 0.3 is 0 Å². The summed E-state index contributed by atoms with van der Waals surface area (Å²) < 4.78 is 12.1. The van der Waals surface area contributed by atoms with Crippen molar-refractivity contribution in [1.82, 2.24) is 30.0 Å². The number of pyridine rings is 1. The Hall–Kier alpha value is -4.01. The number of ether oxygens (including phenoxy) is 1. The fourth-order valence-electron chi connectivity index (χ4n) is 3.02. The predicted molar refractivity (Wildman–Crippen MR) is 113 cm³/mol. The number of nitrogens with one attached hydrogen (secondary N) is 1. The van der Waals surface area contributed by atoms with Crippen LogP contribution in [0.1, 0.15) is 41.8 Å². The zero-order valence-corrected chi connectivity index (χ0v) is 17.4. The predicted octanol–water partition coefficient (Wildman–Crippen LogP) is 3.38. The molecule has 31 heavy (non-hydrogen) atoms. The van der Waals surface area contributed by atoms with Gasteiger partial charge in [-0.05, 0) is 36.8 Å². The molecule has 9 nitrogen and oxygen atoms in total. The molecule has 1 aromatic carbocycles. The van der Waals surface area contributed by atoms with E-state index in [1.54, 1.807) is 42.5 Å². The molecule has 0 bridgehead atoms. The lowest BCUT2D eigenvalue weighted by Gasteiger charge is -2.13. The molecule has 0 fully saturated rings. The van der Waals surface area contributed by atoms with E-state index in [0.717, 1.165) is 16.9 Å². The summed E-state index contributed by atoms with van der Waals surface area (Å²) in [6, 6.07) is 11.0. The molecule has 0 aliphatic carbocycles. The molecule has 0 aliphatic heterocycles. The first-order valence-electron chi connectivity index (χ1n) is 9.85. The van der Waals surface area contributed by atoms with Gasteiger partial charge in [0.05, 0.1) is 13.2 Å². The molecule has 1 amide bonds. The number of hydrogen-bond acceptors (Lipinski definition) is 7. The number of hydrogen-bond donors (Lipinski definition) is 1. The lowest BCUT2D eigenvalue weighted by Crippen LogP contribution is -2.26. The highest BCUT2D eigenvalue weighted by Gasteiger charge is 2.15. The maximum absolute atomic E-state index is 12.7. The summed E-state index contributed by atoms with van der Waals surface area (Å²) >= 11 is 0. The Morgan fingerprint density at radius 3 is 2.74 bits per heavy atom. The lowest BCUT2D eigenvalue weighted by molar-refractivity contribution is 0.0935. The van der Waals surface area contributed by atoms with Crippen molar-refractivity contribution in [3.05, 3.63) is 72.2 Å². The van der Waals surface area contributed by atoms with E-state index in [1.807, 2.05) is 38.1 Å². The third-order valence-electron chi connectivity index (χ3n) is 4.82. The van der Waals surface area contributed by atoms with Gasteiger partial charge in [0.2, 0.25) is 0 Å². The summed E-state index contributed by atoms with van der Waals surface area (Å²) in [5, 5.41) is 6.87. The van der Waals surface area contributed by atoms with E-state index in [1.165, 1.54) is 0 Å². The number of aromatic nitrogens is 5. The maximum atomic E-state index is 12.7. The second-order valence-electron chi connectivity index (χ2n) is 6.91. The molecule has 9 heteroatoms. The zero-order chi connectivity index (χ0) is 21.8. The second kappa shape index (κ2) is 8.78. The van der Waals surface area contributed by atoms with Crippen molar-refractivity contribution in [2.24, 2.45) is 0 Å². The Balaban J connectivity index is 1.48. The van der Waals surface area contributed by atoms with E-state index < -0.39 is 0 Å². The van der Waals surface area contributed by atoms with Crippen molar-refractivity contribution in [3.8, 4) is 23.0 Å². The Kier molecular flexibility index (Phi) is 5.74. The molecule has 0 unspecified atom stereocenters. The van der Waals surface area contributed by atoms with Gasteiger partial charge < -0.3 is 14.6 Å². The van der Waals surface area contributed by atoms with Crippen molar-refractivity contribution in [3.63, 3.8) is 0 Å². The molecule has 4 aromatic rings. The minimum atomic E-state index is -0.275. The first-order chi connectivity index (χ1) is 15.1. The zero-order valence-electron chi connectivity index (χ0n) is 17.4. The van der Waals surface area contributed by atoms with E-state index in [4.69, 9.17) is 9.26 Å². The number of nitrogens with zero attached hydrogens (tertiary/aromatic N) is 5. The smallest absolute Gasteiger partial charge is 0.271 e. The van der Waals surface area contributed by atoms with Gasteiger partial charge in [-0.25, -0.2) is 9.97 Å². The van der Waals surface area contributed by atoms with Crippen molar-refractivity contribution in [1.29, 1.82) is 0 Å². The summed E-state index contributed by atoms with van der Waals surface area (Å²) in [5.74, 6) is 2.14. The second-order valence-corrected chi connectivity index (χ2v) is 6.91. The van der Waals surface area contributed by atoms with Gasteiger partial charge in [-0.2, -0.15) is 4.98 Å². The molecule has 3 aromatic heterocycles. The normalized spacial score (nSPS) is 11.8. The van der Waals surface area contributed by atoms with Crippen molar-refractivity contribution < 1.29 is 14.1 Å². The van der Waals surface area contributed by atoms with Crippen LogP contribution in [0.4, 0.5) is 0 Å². The van der Waals surface area contributed by atoms with E-state index in [9.17, 15) is 4.79 Å². The third-order valence-corrected chi connectivity index (χ3v) is 4.82. The highest BCUT2D eigenvalue weighted by atomic mass is 16.5. The standard InChI is InChI=1S/C22H22N6O3/c1-4-19-26-22(31-27-19)16-9-10-23-20(11-16)28-12-18(24-13-28)21(29)25-14(2)15-5-7-17(30-3)8-6-15/h5-14H,4H2,1-3H3,(H,25,29)/t14-/m0/s1.